The first kappa shape index (κ1) is 16.8. The van der Waals surface area contributed by atoms with E-state index in [9.17, 15) is 9.59 Å². The van der Waals surface area contributed by atoms with Gasteiger partial charge in [0.15, 0.2) is 0 Å². The van der Waals surface area contributed by atoms with Crippen LogP contribution < -0.4 is 14.8 Å². The Kier molecular flexibility index (Phi) is 4.61. The summed E-state index contributed by atoms with van der Waals surface area (Å²) in [6.45, 7) is 2.29. The molecule has 6 heteroatoms. The molecule has 1 atom stereocenters. The van der Waals surface area contributed by atoms with Crippen molar-refractivity contribution in [3.05, 3.63) is 58.7 Å². The van der Waals surface area contributed by atoms with Gasteiger partial charge in [0.1, 0.15) is 17.6 Å². The molecule has 2 aromatic carbocycles. The highest BCUT2D eigenvalue weighted by Crippen LogP contribution is 2.34. The molecule has 2 aromatic rings. The SMILES string of the molecule is COc1cc2c(cc1CNC(=O)c1ccc(C(=O)O)cc1)OC(C)C2. The number of carbonyl (C=O) groups excluding carboxylic acids is 1. The highest BCUT2D eigenvalue weighted by molar-refractivity contribution is 5.95. The predicted molar refractivity (Wildman–Crippen MR) is 91.4 cm³/mol. The number of hydrogen-bond acceptors (Lipinski definition) is 4. The molecule has 1 aliphatic heterocycles. The standard InChI is InChI=1S/C19H19NO5/c1-11-7-14-8-16(24-2)15(9-17(14)25-11)10-20-18(21)12-3-5-13(6-4-12)19(22)23/h3-6,8-9,11H,7,10H2,1-2H3,(H,20,21)(H,22,23). The summed E-state index contributed by atoms with van der Waals surface area (Å²) in [5.74, 6) is 0.221. The summed E-state index contributed by atoms with van der Waals surface area (Å²) < 4.78 is 11.2. The van der Waals surface area contributed by atoms with E-state index in [1.165, 1.54) is 24.3 Å². The second-order valence-electron chi connectivity index (χ2n) is 5.97. The number of ether oxygens (including phenoxy) is 2. The van der Waals surface area contributed by atoms with Crippen LogP contribution in [0.4, 0.5) is 0 Å². The molecule has 0 bridgehead atoms. The fourth-order valence-electron chi connectivity index (χ4n) is 2.85. The normalized spacial score (nSPS) is 15.2. The number of rotatable bonds is 5. The number of methoxy groups -OCH3 is 1. The number of fused-ring (bicyclic) bond motifs is 1. The maximum Gasteiger partial charge on any atom is 0.335 e. The van der Waals surface area contributed by atoms with Gasteiger partial charge in [0, 0.05) is 29.7 Å². The van der Waals surface area contributed by atoms with Gasteiger partial charge in [-0.25, -0.2) is 4.79 Å². The lowest BCUT2D eigenvalue weighted by molar-refractivity contribution is 0.0696. The van der Waals surface area contributed by atoms with E-state index in [4.69, 9.17) is 14.6 Å². The highest BCUT2D eigenvalue weighted by Gasteiger charge is 2.22. The third-order valence-electron chi connectivity index (χ3n) is 4.13. The lowest BCUT2D eigenvalue weighted by Gasteiger charge is -2.12. The smallest absolute Gasteiger partial charge is 0.335 e. The predicted octanol–water partition coefficient (Wildman–Crippen LogP) is 2.65. The van der Waals surface area contributed by atoms with Gasteiger partial charge >= 0.3 is 5.97 Å². The molecule has 6 nitrogen and oxygen atoms in total. The van der Waals surface area contributed by atoms with E-state index < -0.39 is 5.97 Å². The maximum atomic E-state index is 12.3. The van der Waals surface area contributed by atoms with Crippen molar-refractivity contribution in [1.82, 2.24) is 5.32 Å². The van der Waals surface area contributed by atoms with Crippen molar-refractivity contribution in [1.29, 1.82) is 0 Å². The maximum absolute atomic E-state index is 12.3. The molecule has 1 unspecified atom stereocenters. The quantitative estimate of drug-likeness (QED) is 0.873. The van der Waals surface area contributed by atoms with Crippen molar-refractivity contribution in [2.24, 2.45) is 0 Å². The molecule has 1 amide bonds. The van der Waals surface area contributed by atoms with Crippen LogP contribution in [0.2, 0.25) is 0 Å². The Bertz CT molecular complexity index is 813. The molecule has 0 aliphatic carbocycles. The van der Waals surface area contributed by atoms with Gasteiger partial charge in [-0.1, -0.05) is 0 Å². The Hall–Kier alpha value is -3.02. The van der Waals surface area contributed by atoms with Gasteiger partial charge in [-0.05, 0) is 43.3 Å². The first-order chi connectivity index (χ1) is 12.0. The zero-order valence-electron chi connectivity index (χ0n) is 14.0. The van der Waals surface area contributed by atoms with Crippen molar-refractivity contribution < 1.29 is 24.2 Å². The third kappa shape index (κ3) is 3.57. The Morgan fingerprint density at radius 2 is 1.92 bits per heavy atom. The fourth-order valence-corrected chi connectivity index (χ4v) is 2.85. The third-order valence-corrected chi connectivity index (χ3v) is 4.13. The second-order valence-corrected chi connectivity index (χ2v) is 5.97. The number of nitrogens with one attached hydrogen (secondary N) is 1. The Morgan fingerprint density at radius 1 is 1.24 bits per heavy atom. The van der Waals surface area contributed by atoms with Gasteiger partial charge in [0.05, 0.1) is 12.7 Å². The molecular weight excluding hydrogens is 322 g/mol. The number of aromatic carboxylic acids is 1. The van der Waals surface area contributed by atoms with Crippen LogP contribution in [0.5, 0.6) is 11.5 Å². The largest absolute Gasteiger partial charge is 0.496 e. The molecule has 1 aliphatic rings. The van der Waals surface area contributed by atoms with Crippen molar-refractivity contribution in [3.8, 4) is 11.5 Å². The second kappa shape index (κ2) is 6.84. The molecule has 0 aromatic heterocycles. The monoisotopic (exact) mass is 341 g/mol. The van der Waals surface area contributed by atoms with E-state index in [0.29, 0.717) is 11.3 Å². The van der Waals surface area contributed by atoms with E-state index in [-0.39, 0.29) is 24.1 Å². The van der Waals surface area contributed by atoms with E-state index in [2.05, 4.69) is 5.32 Å². The van der Waals surface area contributed by atoms with E-state index in [1.54, 1.807) is 7.11 Å². The van der Waals surface area contributed by atoms with Gasteiger partial charge < -0.3 is 19.9 Å². The molecule has 0 spiro atoms. The van der Waals surface area contributed by atoms with Crippen LogP contribution in [0.1, 0.15) is 38.8 Å². The molecule has 25 heavy (non-hydrogen) atoms. The minimum absolute atomic E-state index is 0.136. The Labute approximate surface area is 145 Å². The van der Waals surface area contributed by atoms with Crippen molar-refractivity contribution in [2.75, 3.05) is 7.11 Å². The fraction of sp³-hybridized carbons (Fsp3) is 0.263. The summed E-state index contributed by atoms with van der Waals surface area (Å²) in [6.07, 6.45) is 0.978. The summed E-state index contributed by atoms with van der Waals surface area (Å²) >= 11 is 0. The topological polar surface area (TPSA) is 84.9 Å². The number of benzene rings is 2. The minimum Gasteiger partial charge on any atom is -0.496 e. The summed E-state index contributed by atoms with van der Waals surface area (Å²) in [5, 5.41) is 11.7. The van der Waals surface area contributed by atoms with Crippen LogP contribution in [0, 0.1) is 0 Å². The van der Waals surface area contributed by atoms with Gasteiger partial charge in [-0.15, -0.1) is 0 Å². The van der Waals surface area contributed by atoms with Crippen molar-refractivity contribution in [3.63, 3.8) is 0 Å². The van der Waals surface area contributed by atoms with Gasteiger partial charge in [-0.2, -0.15) is 0 Å². The van der Waals surface area contributed by atoms with Crippen LogP contribution in [-0.4, -0.2) is 30.2 Å². The summed E-state index contributed by atoms with van der Waals surface area (Å²) in [6, 6.07) is 9.63. The number of carbonyl (C=O) groups is 2. The minimum atomic E-state index is -1.02. The van der Waals surface area contributed by atoms with Crippen molar-refractivity contribution in [2.45, 2.75) is 26.0 Å². The number of carboxylic acids is 1. The first-order valence-corrected chi connectivity index (χ1v) is 7.96. The molecular formula is C19H19NO5. The van der Waals surface area contributed by atoms with Crippen LogP contribution >= 0.6 is 0 Å². The van der Waals surface area contributed by atoms with Crippen LogP contribution in [0.25, 0.3) is 0 Å². The van der Waals surface area contributed by atoms with Gasteiger partial charge in [-0.3, -0.25) is 4.79 Å². The van der Waals surface area contributed by atoms with Gasteiger partial charge in [0.2, 0.25) is 0 Å². The zero-order chi connectivity index (χ0) is 18.0. The molecule has 0 saturated heterocycles. The number of hydrogen-bond donors (Lipinski definition) is 2. The lowest BCUT2D eigenvalue weighted by Crippen LogP contribution is -2.23. The summed E-state index contributed by atoms with van der Waals surface area (Å²) in [7, 11) is 1.59. The van der Waals surface area contributed by atoms with Crippen LogP contribution in [-0.2, 0) is 13.0 Å². The molecule has 1 heterocycles. The van der Waals surface area contributed by atoms with Crippen LogP contribution in [0.3, 0.4) is 0 Å². The van der Waals surface area contributed by atoms with Gasteiger partial charge in [0.25, 0.3) is 5.91 Å². The molecule has 0 saturated carbocycles. The van der Waals surface area contributed by atoms with E-state index >= 15 is 0 Å². The lowest BCUT2D eigenvalue weighted by atomic mass is 10.1. The molecule has 0 radical (unpaired) electrons. The number of amides is 1. The molecule has 3 rings (SSSR count). The average Bonchev–Trinajstić information content (AvgIpc) is 2.97. The van der Waals surface area contributed by atoms with Crippen LogP contribution in [0.15, 0.2) is 36.4 Å². The highest BCUT2D eigenvalue weighted by atomic mass is 16.5. The Balaban J connectivity index is 1.72. The van der Waals surface area contributed by atoms with E-state index in [1.807, 2.05) is 19.1 Å². The van der Waals surface area contributed by atoms with E-state index in [0.717, 1.165) is 23.3 Å². The Morgan fingerprint density at radius 3 is 2.56 bits per heavy atom. The zero-order valence-corrected chi connectivity index (χ0v) is 14.0. The average molecular weight is 341 g/mol. The van der Waals surface area contributed by atoms with Crippen molar-refractivity contribution >= 4 is 11.9 Å². The number of carboxylic acid groups (broad SMARTS) is 1. The molecule has 0 fully saturated rings. The summed E-state index contributed by atoms with van der Waals surface area (Å²) in [5.41, 5.74) is 2.47. The molecule has 2 N–H and O–H groups in total. The summed E-state index contributed by atoms with van der Waals surface area (Å²) in [4.78, 5) is 23.1. The first-order valence-electron chi connectivity index (χ1n) is 7.96. The molecule has 130 valence electrons.